The van der Waals surface area contributed by atoms with Gasteiger partial charge >= 0.3 is 0 Å². The molecule has 2 aromatic rings. The summed E-state index contributed by atoms with van der Waals surface area (Å²) in [7, 11) is 3.76. The van der Waals surface area contributed by atoms with E-state index in [0.717, 1.165) is 28.6 Å². The zero-order chi connectivity index (χ0) is 12.7. The van der Waals surface area contributed by atoms with Crippen LogP contribution in [0.5, 0.6) is 0 Å². The smallest absolute Gasteiger partial charge is 0.134 e. The van der Waals surface area contributed by atoms with Crippen LogP contribution >= 0.6 is 0 Å². The average molecular weight is 244 g/mol. The summed E-state index contributed by atoms with van der Waals surface area (Å²) in [5, 5.41) is 11.0. The molecule has 94 valence electrons. The standard InChI is InChI=1S/C12H16N6/c1-7-10(9-6-14-17-18(9)3)15-12(8-4-5-8)16-11(7)13-2/h6,8H,4-5H2,1-3H3,(H,13,15,16). The molecule has 6 nitrogen and oxygen atoms in total. The zero-order valence-corrected chi connectivity index (χ0v) is 10.8. The van der Waals surface area contributed by atoms with Gasteiger partial charge in [0, 0.05) is 25.6 Å². The maximum atomic E-state index is 4.69. The largest absolute Gasteiger partial charge is 0.373 e. The Morgan fingerprint density at radius 2 is 2.11 bits per heavy atom. The van der Waals surface area contributed by atoms with E-state index in [9.17, 15) is 0 Å². The topological polar surface area (TPSA) is 68.5 Å². The van der Waals surface area contributed by atoms with Crippen molar-refractivity contribution in [1.29, 1.82) is 0 Å². The third kappa shape index (κ3) is 1.73. The third-order valence-electron chi connectivity index (χ3n) is 3.30. The molecule has 2 aromatic heterocycles. The van der Waals surface area contributed by atoms with E-state index in [4.69, 9.17) is 4.98 Å². The van der Waals surface area contributed by atoms with Gasteiger partial charge in [-0.2, -0.15) is 0 Å². The fraction of sp³-hybridized carbons (Fsp3) is 0.500. The monoisotopic (exact) mass is 244 g/mol. The van der Waals surface area contributed by atoms with Crippen molar-refractivity contribution in [3.63, 3.8) is 0 Å². The molecule has 1 aliphatic carbocycles. The lowest BCUT2D eigenvalue weighted by Gasteiger charge is -2.11. The van der Waals surface area contributed by atoms with Crippen molar-refractivity contribution in [2.75, 3.05) is 12.4 Å². The van der Waals surface area contributed by atoms with Crippen molar-refractivity contribution in [1.82, 2.24) is 25.0 Å². The van der Waals surface area contributed by atoms with Gasteiger partial charge < -0.3 is 5.32 Å². The van der Waals surface area contributed by atoms with Crippen LogP contribution in [0, 0.1) is 6.92 Å². The number of rotatable bonds is 3. The quantitative estimate of drug-likeness (QED) is 0.886. The Bertz CT molecular complexity index is 584. The van der Waals surface area contributed by atoms with Gasteiger partial charge in [0.15, 0.2) is 0 Å². The van der Waals surface area contributed by atoms with Crippen molar-refractivity contribution in [2.45, 2.75) is 25.7 Å². The van der Waals surface area contributed by atoms with Crippen LogP contribution in [0.3, 0.4) is 0 Å². The molecule has 0 aliphatic heterocycles. The summed E-state index contributed by atoms with van der Waals surface area (Å²) < 4.78 is 1.74. The molecule has 1 N–H and O–H groups in total. The zero-order valence-electron chi connectivity index (χ0n) is 10.8. The van der Waals surface area contributed by atoms with Gasteiger partial charge in [-0.05, 0) is 19.8 Å². The molecular formula is C12H16N6. The first-order valence-corrected chi connectivity index (χ1v) is 6.12. The van der Waals surface area contributed by atoms with E-state index in [1.165, 1.54) is 12.8 Å². The first kappa shape index (κ1) is 11.1. The van der Waals surface area contributed by atoms with Gasteiger partial charge in [-0.3, -0.25) is 0 Å². The molecule has 0 saturated heterocycles. The highest BCUT2D eigenvalue weighted by atomic mass is 15.4. The maximum absolute atomic E-state index is 4.69. The number of hydrogen-bond acceptors (Lipinski definition) is 5. The molecule has 0 bridgehead atoms. The van der Waals surface area contributed by atoms with Crippen LogP contribution in [0.1, 0.15) is 30.1 Å². The second kappa shape index (κ2) is 4.04. The SMILES string of the molecule is CNc1nc(C2CC2)nc(-c2cnnn2C)c1C. The molecule has 6 heteroatoms. The highest BCUT2D eigenvalue weighted by molar-refractivity contribution is 5.64. The molecule has 0 amide bonds. The molecule has 18 heavy (non-hydrogen) atoms. The Hall–Kier alpha value is -1.98. The highest BCUT2D eigenvalue weighted by Crippen LogP contribution is 2.39. The first-order valence-electron chi connectivity index (χ1n) is 6.12. The van der Waals surface area contributed by atoms with Gasteiger partial charge in [0.05, 0.1) is 11.9 Å². The van der Waals surface area contributed by atoms with E-state index in [2.05, 4.69) is 20.6 Å². The van der Waals surface area contributed by atoms with Crippen molar-refractivity contribution >= 4 is 5.82 Å². The van der Waals surface area contributed by atoms with Gasteiger partial charge in [-0.15, -0.1) is 5.10 Å². The molecule has 1 aliphatic rings. The molecule has 1 fully saturated rings. The minimum atomic E-state index is 0.526. The number of anilines is 1. The van der Waals surface area contributed by atoms with E-state index < -0.39 is 0 Å². The Kier molecular flexibility index (Phi) is 2.50. The summed E-state index contributed by atoms with van der Waals surface area (Å²) in [6, 6.07) is 0. The van der Waals surface area contributed by atoms with Crippen LogP contribution in [-0.4, -0.2) is 32.0 Å². The highest BCUT2D eigenvalue weighted by Gasteiger charge is 2.28. The lowest BCUT2D eigenvalue weighted by molar-refractivity contribution is 0.717. The van der Waals surface area contributed by atoms with E-state index in [1.807, 2.05) is 21.0 Å². The van der Waals surface area contributed by atoms with Gasteiger partial charge in [0.2, 0.25) is 0 Å². The van der Waals surface area contributed by atoms with Crippen molar-refractivity contribution < 1.29 is 0 Å². The summed E-state index contributed by atoms with van der Waals surface area (Å²) in [5.74, 6) is 2.35. The maximum Gasteiger partial charge on any atom is 0.134 e. The molecule has 0 radical (unpaired) electrons. The van der Waals surface area contributed by atoms with E-state index >= 15 is 0 Å². The fourth-order valence-corrected chi connectivity index (χ4v) is 2.05. The summed E-state index contributed by atoms with van der Waals surface area (Å²) >= 11 is 0. The van der Waals surface area contributed by atoms with Gasteiger partial charge in [-0.1, -0.05) is 5.21 Å². The predicted molar refractivity (Wildman–Crippen MR) is 68.3 cm³/mol. The second-order valence-corrected chi connectivity index (χ2v) is 4.67. The van der Waals surface area contributed by atoms with Gasteiger partial charge in [0.1, 0.15) is 17.3 Å². The summed E-state index contributed by atoms with van der Waals surface area (Å²) in [6.07, 6.45) is 4.12. The van der Waals surface area contributed by atoms with Crippen LogP contribution < -0.4 is 5.32 Å². The number of aryl methyl sites for hydroxylation is 1. The Balaban J connectivity index is 2.18. The number of nitrogens with zero attached hydrogens (tertiary/aromatic N) is 5. The summed E-state index contributed by atoms with van der Waals surface area (Å²) in [4.78, 5) is 9.27. The van der Waals surface area contributed by atoms with Gasteiger partial charge in [0.25, 0.3) is 0 Å². The van der Waals surface area contributed by atoms with E-state index in [0.29, 0.717) is 5.92 Å². The van der Waals surface area contributed by atoms with Crippen LogP contribution in [0.25, 0.3) is 11.4 Å². The van der Waals surface area contributed by atoms with E-state index in [1.54, 1.807) is 10.9 Å². The normalized spacial score (nSPS) is 14.8. The Labute approximate surface area is 105 Å². The lowest BCUT2D eigenvalue weighted by Crippen LogP contribution is -2.06. The number of hydrogen-bond donors (Lipinski definition) is 1. The van der Waals surface area contributed by atoms with Crippen LogP contribution in [0.4, 0.5) is 5.82 Å². The van der Waals surface area contributed by atoms with Crippen molar-refractivity contribution in [3.05, 3.63) is 17.6 Å². The molecule has 0 atom stereocenters. The van der Waals surface area contributed by atoms with Crippen molar-refractivity contribution in [2.24, 2.45) is 7.05 Å². The van der Waals surface area contributed by atoms with Crippen LogP contribution in [-0.2, 0) is 7.05 Å². The summed E-state index contributed by atoms with van der Waals surface area (Å²) in [5.41, 5.74) is 2.88. The van der Waals surface area contributed by atoms with E-state index in [-0.39, 0.29) is 0 Å². The first-order chi connectivity index (χ1) is 8.70. The van der Waals surface area contributed by atoms with Crippen molar-refractivity contribution in [3.8, 4) is 11.4 Å². The minimum absolute atomic E-state index is 0.526. The van der Waals surface area contributed by atoms with Crippen LogP contribution in [0.15, 0.2) is 6.20 Å². The third-order valence-corrected chi connectivity index (χ3v) is 3.30. The Morgan fingerprint density at radius 3 is 2.67 bits per heavy atom. The molecule has 0 spiro atoms. The van der Waals surface area contributed by atoms with Gasteiger partial charge in [-0.25, -0.2) is 14.6 Å². The number of nitrogens with one attached hydrogen (secondary N) is 1. The lowest BCUT2D eigenvalue weighted by atomic mass is 10.1. The average Bonchev–Trinajstić information content (AvgIpc) is 3.13. The fourth-order valence-electron chi connectivity index (χ4n) is 2.05. The number of aromatic nitrogens is 5. The molecular weight excluding hydrogens is 228 g/mol. The summed E-state index contributed by atoms with van der Waals surface area (Å²) in [6.45, 7) is 2.02. The molecule has 0 aromatic carbocycles. The molecule has 1 saturated carbocycles. The molecule has 2 heterocycles. The second-order valence-electron chi connectivity index (χ2n) is 4.67. The molecule has 0 unspecified atom stereocenters. The predicted octanol–water partition coefficient (Wildman–Crippen LogP) is 1.50. The van der Waals surface area contributed by atoms with Crippen LogP contribution in [0.2, 0.25) is 0 Å². The molecule has 3 rings (SSSR count). The Morgan fingerprint density at radius 1 is 1.33 bits per heavy atom. The minimum Gasteiger partial charge on any atom is -0.373 e.